The number of hydrogen-bond donors (Lipinski definition) is 1. The molecule has 2 heterocycles. The van der Waals surface area contributed by atoms with Crippen LogP contribution in [0.4, 0.5) is 10.1 Å². The Morgan fingerprint density at radius 3 is 2.59 bits per heavy atom. The maximum Gasteiger partial charge on any atom is 0.246 e. The molecule has 0 unspecified atom stereocenters. The smallest absolute Gasteiger partial charge is 0.246 e. The van der Waals surface area contributed by atoms with E-state index < -0.39 is 0 Å². The van der Waals surface area contributed by atoms with Gasteiger partial charge in [-0.05, 0) is 76.1 Å². The Morgan fingerprint density at radius 2 is 1.92 bits per heavy atom. The fourth-order valence-electron chi connectivity index (χ4n) is 5.49. The number of halogens is 2. The third-order valence-corrected chi connectivity index (χ3v) is 7.86. The van der Waals surface area contributed by atoms with E-state index in [9.17, 15) is 14.0 Å². The summed E-state index contributed by atoms with van der Waals surface area (Å²) in [5.74, 6) is 0.0480. The van der Waals surface area contributed by atoms with Crippen LogP contribution in [0.15, 0.2) is 42.5 Å². The van der Waals surface area contributed by atoms with E-state index in [0.717, 1.165) is 38.0 Å². The molecule has 9 heteroatoms. The number of methoxy groups -OCH3 is 1. The van der Waals surface area contributed by atoms with Gasteiger partial charge in [-0.1, -0.05) is 23.7 Å². The molecular formula is C30H38ClFN4O3. The second kappa shape index (κ2) is 12.9. The van der Waals surface area contributed by atoms with Gasteiger partial charge < -0.3 is 15.0 Å². The number of rotatable bonds is 8. The average Bonchev–Trinajstić information content (AvgIpc) is 3.40. The van der Waals surface area contributed by atoms with Crippen LogP contribution in [0.25, 0.3) is 6.08 Å². The Kier molecular flexibility index (Phi) is 9.64. The molecule has 7 nitrogen and oxygen atoms in total. The summed E-state index contributed by atoms with van der Waals surface area (Å²) in [4.78, 5) is 32.7. The molecule has 2 fully saturated rings. The molecule has 0 radical (unpaired) electrons. The van der Waals surface area contributed by atoms with Crippen LogP contribution in [-0.4, -0.2) is 77.9 Å². The zero-order valence-corrected chi connectivity index (χ0v) is 23.9. The van der Waals surface area contributed by atoms with Gasteiger partial charge in [0.2, 0.25) is 11.8 Å². The molecule has 39 heavy (non-hydrogen) atoms. The molecular weight excluding hydrogens is 519 g/mol. The predicted molar refractivity (Wildman–Crippen MR) is 153 cm³/mol. The van der Waals surface area contributed by atoms with Crippen LogP contribution in [0, 0.1) is 5.82 Å². The van der Waals surface area contributed by atoms with Crippen molar-refractivity contribution in [2.75, 3.05) is 38.6 Å². The number of piperazine rings is 1. The lowest BCUT2D eigenvalue weighted by atomic mass is 10.1. The van der Waals surface area contributed by atoms with Gasteiger partial charge in [0.25, 0.3) is 0 Å². The molecule has 0 bridgehead atoms. The minimum Gasteiger partial charge on any atom is -0.495 e. The lowest BCUT2D eigenvalue weighted by Crippen LogP contribution is -2.53. The Balaban J connectivity index is 1.44. The van der Waals surface area contributed by atoms with Crippen LogP contribution >= 0.6 is 11.6 Å². The third kappa shape index (κ3) is 7.18. The molecule has 4 rings (SSSR count). The van der Waals surface area contributed by atoms with E-state index in [1.165, 1.54) is 19.2 Å². The van der Waals surface area contributed by atoms with Crippen LogP contribution in [0.2, 0.25) is 5.02 Å². The molecule has 2 aromatic rings. The highest BCUT2D eigenvalue weighted by atomic mass is 35.5. The molecule has 0 aromatic heterocycles. The predicted octanol–water partition coefficient (Wildman–Crippen LogP) is 5.05. The van der Waals surface area contributed by atoms with Crippen LogP contribution in [-0.2, 0) is 16.1 Å². The molecule has 210 valence electrons. The minimum atomic E-state index is -0.244. The summed E-state index contributed by atoms with van der Waals surface area (Å²) >= 11 is 6.40. The summed E-state index contributed by atoms with van der Waals surface area (Å²) in [5.41, 5.74) is 2.24. The Bertz CT molecular complexity index is 1200. The number of nitrogens with one attached hydrogen (secondary N) is 1. The van der Waals surface area contributed by atoms with Gasteiger partial charge in [0.15, 0.2) is 0 Å². The highest BCUT2D eigenvalue weighted by Crippen LogP contribution is 2.33. The topological polar surface area (TPSA) is 65.1 Å². The fourth-order valence-corrected chi connectivity index (χ4v) is 5.73. The molecule has 2 aromatic carbocycles. The first-order valence-corrected chi connectivity index (χ1v) is 13.9. The van der Waals surface area contributed by atoms with Crippen molar-refractivity contribution in [1.29, 1.82) is 0 Å². The van der Waals surface area contributed by atoms with Crippen molar-refractivity contribution >= 4 is 35.2 Å². The number of carbonyl (C=O) groups excluding carboxylic acids is 2. The molecule has 1 N–H and O–H groups in total. The second-order valence-electron chi connectivity index (χ2n) is 10.6. The van der Waals surface area contributed by atoms with E-state index in [1.807, 2.05) is 11.8 Å². The Morgan fingerprint density at radius 1 is 1.18 bits per heavy atom. The number of anilines is 1. The van der Waals surface area contributed by atoms with Gasteiger partial charge in [0.1, 0.15) is 11.6 Å². The van der Waals surface area contributed by atoms with E-state index >= 15 is 0 Å². The average molecular weight is 557 g/mol. The van der Waals surface area contributed by atoms with Gasteiger partial charge >= 0.3 is 0 Å². The molecule has 0 saturated carbocycles. The lowest BCUT2D eigenvalue weighted by molar-refractivity contribution is -0.130. The van der Waals surface area contributed by atoms with Crippen molar-refractivity contribution in [2.24, 2.45) is 0 Å². The molecule has 2 amide bonds. The number of carbonyl (C=O) groups is 2. The summed E-state index contributed by atoms with van der Waals surface area (Å²) in [5, 5.41) is 3.43. The van der Waals surface area contributed by atoms with Gasteiger partial charge in [0.05, 0.1) is 18.2 Å². The van der Waals surface area contributed by atoms with Gasteiger partial charge in [-0.3, -0.25) is 19.4 Å². The normalized spacial score (nSPS) is 20.6. The standard InChI is InChI=1S/C30H38ClFN4O3/c1-20(2)35-13-5-6-27(35)30(38)33-26-17-25(31)28(39-4)16-23(26)9-12-29(37)36-15-14-34(18-21(36)3)19-22-7-10-24(32)11-8-22/h7-12,16-17,20-21,27H,5-6,13-15,18-19H2,1-4H3,(H,33,38)/t21-,27-/m1/s1. The minimum absolute atomic E-state index is 0.0136. The third-order valence-electron chi connectivity index (χ3n) is 7.56. The van der Waals surface area contributed by atoms with Crippen molar-refractivity contribution in [3.63, 3.8) is 0 Å². The molecule has 0 spiro atoms. The zero-order chi connectivity index (χ0) is 28.1. The zero-order valence-electron chi connectivity index (χ0n) is 23.1. The molecule has 2 aliphatic heterocycles. The summed E-state index contributed by atoms with van der Waals surface area (Å²) in [6, 6.07) is 10.0. The number of likely N-dealkylation sites (tertiary alicyclic amines) is 1. The van der Waals surface area contributed by atoms with Crippen LogP contribution < -0.4 is 10.1 Å². The van der Waals surface area contributed by atoms with E-state index in [1.54, 1.807) is 36.4 Å². The quantitative estimate of drug-likeness (QED) is 0.461. The van der Waals surface area contributed by atoms with Crippen LogP contribution in [0.3, 0.4) is 0 Å². The molecule has 0 aliphatic carbocycles. The maximum atomic E-state index is 13.2. The Hall–Kier alpha value is -2.94. The van der Waals surface area contributed by atoms with Crippen molar-refractivity contribution in [3.05, 3.63) is 64.4 Å². The van der Waals surface area contributed by atoms with Gasteiger partial charge in [-0.25, -0.2) is 4.39 Å². The SMILES string of the molecule is COc1cc(C=CC(=O)N2CCN(Cc3ccc(F)cc3)C[C@H]2C)c(NC(=O)[C@H]2CCCN2C(C)C)cc1Cl. The first kappa shape index (κ1) is 29.1. The second-order valence-corrected chi connectivity index (χ2v) is 11.0. The first-order valence-electron chi connectivity index (χ1n) is 13.6. The van der Waals surface area contributed by atoms with Gasteiger partial charge in [0, 0.05) is 55.6 Å². The lowest BCUT2D eigenvalue weighted by Gasteiger charge is -2.39. The largest absolute Gasteiger partial charge is 0.495 e. The van der Waals surface area contributed by atoms with Gasteiger partial charge in [-0.2, -0.15) is 0 Å². The fraction of sp³-hybridized carbons (Fsp3) is 0.467. The summed E-state index contributed by atoms with van der Waals surface area (Å²) in [7, 11) is 1.53. The van der Waals surface area contributed by atoms with Crippen molar-refractivity contribution in [2.45, 2.75) is 58.3 Å². The highest BCUT2D eigenvalue weighted by molar-refractivity contribution is 6.32. The van der Waals surface area contributed by atoms with Crippen molar-refractivity contribution in [3.8, 4) is 5.75 Å². The summed E-state index contributed by atoms with van der Waals surface area (Å²) in [6.07, 6.45) is 5.04. The first-order chi connectivity index (χ1) is 18.7. The monoisotopic (exact) mass is 556 g/mol. The highest BCUT2D eigenvalue weighted by Gasteiger charge is 2.32. The van der Waals surface area contributed by atoms with E-state index in [-0.39, 0.29) is 35.8 Å². The number of amides is 2. The van der Waals surface area contributed by atoms with E-state index in [4.69, 9.17) is 16.3 Å². The van der Waals surface area contributed by atoms with Crippen LogP contribution in [0.1, 0.15) is 44.7 Å². The van der Waals surface area contributed by atoms with Crippen LogP contribution in [0.5, 0.6) is 5.75 Å². The summed E-state index contributed by atoms with van der Waals surface area (Å²) in [6.45, 7) is 9.87. The molecule has 2 atom stereocenters. The number of hydrogen-bond acceptors (Lipinski definition) is 5. The summed E-state index contributed by atoms with van der Waals surface area (Å²) < 4.78 is 18.6. The van der Waals surface area contributed by atoms with Gasteiger partial charge in [-0.15, -0.1) is 0 Å². The molecule has 2 saturated heterocycles. The number of nitrogens with zero attached hydrogens (tertiary/aromatic N) is 3. The van der Waals surface area contributed by atoms with E-state index in [2.05, 4.69) is 29.0 Å². The van der Waals surface area contributed by atoms with E-state index in [0.29, 0.717) is 35.1 Å². The number of benzene rings is 2. The van der Waals surface area contributed by atoms with Crippen molar-refractivity contribution < 1.29 is 18.7 Å². The Labute approximate surface area is 235 Å². The van der Waals surface area contributed by atoms with Crippen molar-refractivity contribution in [1.82, 2.24) is 14.7 Å². The maximum absolute atomic E-state index is 13.2. The molecule has 2 aliphatic rings. The number of ether oxygens (including phenoxy) is 1.